The first kappa shape index (κ1) is 25.1. The van der Waals surface area contributed by atoms with E-state index >= 15 is 0 Å². The molecular formula is C26H31ClN6O4. The second-order valence-electron chi connectivity index (χ2n) is 10.1. The quantitative estimate of drug-likeness (QED) is 0.520. The summed E-state index contributed by atoms with van der Waals surface area (Å²) in [6.45, 7) is 6.80. The molecular weight excluding hydrogens is 496 g/mol. The molecule has 1 saturated heterocycles. The van der Waals surface area contributed by atoms with Crippen LogP contribution in [0.3, 0.4) is 0 Å². The first-order chi connectivity index (χ1) is 17.7. The first-order valence-corrected chi connectivity index (χ1v) is 12.8. The molecule has 0 radical (unpaired) electrons. The maximum Gasteiger partial charge on any atom is 0.293 e. The van der Waals surface area contributed by atoms with Crippen molar-refractivity contribution < 1.29 is 14.3 Å². The second-order valence-corrected chi connectivity index (χ2v) is 10.6. The minimum atomic E-state index is -0.294. The summed E-state index contributed by atoms with van der Waals surface area (Å²) in [5.41, 5.74) is 1.08. The third-order valence-corrected chi connectivity index (χ3v) is 6.96. The lowest BCUT2D eigenvalue weighted by molar-refractivity contribution is -0.130. The van der Waals surface area contributed by atoms with E-state index in [4.69, 9.17) is 26.1 Å². The predicted octanol–water partition coefficient (Wildman–Crippen LogP) is 3.53. The Hall–Kier alpha value is -3.53. The van der Waals surface area contributed by atoms with E-state index in [2.05, 4.69) is 29.0 Å². The van der Waals surface area contributed by atoms with Gasteiger partial charge in [-0.1, -0.05) is 25.4 Å². The van der Waals surface area contributed by atoms with Gasteiger partial charge >= 0.3 is 0 Å². The minimum Gasteiger partial charge on any atom is -0.489 e. The number of nitrogens with one attached hydrogen (secondary N) is 1. The molecule has 0 unspecified atom stereocenters. The molecule has 2 atom stereocenters. The molecule has 0 saturated carbocycles. The maximum atomic E-state index is 13.0. The average Bonchev–Trinajstić information content (AvgIpc) is 2.85. The van der Waals surface area contributed by atoms with Gasteiger partial charge in [0.25, 0.3) is 11.5 Å². The van der Waals surface area contributed by atoms with Crippen molar-refractivity contribution >= 4 is 45.9 Å². The number of hydrogen-bond acceptors (Lipinski definition) is 8. The van der Waals surface area contributed by atoms with E-state index in [0.29, 0.717) is 58.7 Å². The standard InChI is InChI=1S/C26H31ClN6O4/c1-15-7-16(2)13-32(12-15)26-28-11-19(27)24(30-26)29-18-8-17-9-21(37-14-22(34)31(3)4)25(35)33-5-6-36-20(10-18)23(17)33/h8-11,15-16H,5-7,12-14H2,1-4H3,(H,28,29,30)/t15-,16+. The molecule has 0 aliphatic carbocycles. The molecule has 2 aromatic heterocycles. The Kier molecular flexibility index (Phi) is 6.85. The van der Waals surface area contributed by atoms with Crippen molar-refractivity contribution in [3.8, 4) is 11.5 Å². The molecule has 10 nitrogen and oxygen atoms in total. The summed E-state index contributed by atoms with van der Waals surface area (Å²) in [4.78, 5) is 37.9. The molecule has 1 fully saturated rings. The summed E-state index contributed by atoms with van der Waals surface area (Å²) in [6, 6.07) is 5.36. The van der Waals surface area contributed by atoms with Gasteiger partial charge in [-0.05, 0) is 30.4 Å². The molecule has 0 bridgehead atoms. The Morgan fingerprint density at radius 3 is 2.73 bits per heavy atom. The van der Waals surface area contributed by atoms with E-state index in [1.165, 1.54) is 11.3 Å². The number of piperidine rings is 1. The molecule has 4 heterocycles. The van der Waals surface area contributed by atoms with Gasteiger partial charge in [0, 0.05) is 44.3 Å². The van der Waals surface area contributed by atoms with Crippen molar-refractivity contribution in [1.29, 1.82) is 0 Å². The lowest BCUT2D eigenvalue weighted by Gasteiger charge is -2.35. The largest absolute Gasteiger partial charge is 0.489 e. The Morgan fingerprint density at radius 1 is 1.24 bits per heavy atom. The van der Waals surface area contributed by atoms with Crippen LogP contribution in [-0.2, 0) is 11.3 Å². The van der Waals surface area contributed by atoms with E-state index in [-0.39, 0.29) is 23.8 Å². The van der Waals surface area contributed by atoms with E-state index in [1.54, 1.807) is 30.9 Å². The van der Waals surface area contributed by atoms with Gasteiger partial charge in [-0.15, -0.1) is 0 Å². The van der Waals surface area contributed by atoms with Gasteiger partial charge in [-0.2, -0.15) is 4.98 Å². The fourth-order valence-corrected chi connectivity index (χ4v) is 5.18. The van der Waals surface area contributed by atoms with Crippen LogP contribution in [0, 0.1) is 11.8 Å². The number of benzene rings is 1. The second kappa shape index (κ2) is 10.1. The van der Waals surface area contributed by atoms with Crippen LogP contribution in [0.2, 0.25) is 5.02 Å². The van der Waals surface area contributed by atoms with E-state index in [9.17, 15) is 9.59 Å². The van der Waals surface area contributed by atoms with Crippen molar-refractivity contribution in [1.82, 2.24) is 19.4 Å². The number of ether oxygens (including phenoxy) is 2. The zero-order valence-corrected chi connectivity index (χ0v) is 22.2. The fraction of sp³-hybridized carbons (Fsp3) is 0.462. The zero-order valence-electron chi connectivity index (χ0n) is 21.5. The Balaban J connectivity index is 1.48. The number of pyridine rings is 1. The zero-order chi connectivity index (χ0) is 26.3. The van der Waals surface area contributed by atoms with Crippen LogP contribution < -0.4 is 25.2 Å². The number of likely N-dealkylation sites (N-methyl/N-ethyl adjacent to an activating group) is 1. The summed E-state index contributed by atoms with van der Waals surface area (Å²) in [5.74, 6) is 2.70. The number of aromatic nitrogens is 3. The van der Waals surface area contributed by atoms with Crippen LogP contribution in [0.1, 0.15) is 20.3 Å². The number of rotatable bonds is 6. The Labute approximate surface area is 220 Å². The first-order valence-electron chi connectivity index (χ1n) is 12.4. The van der Waals surface area contributed by atoms with Crippen LogP contribution in [0.15, 0.2) is 29.2 Å². The molecule has 196 valence electrons. The molecule has 11 heteroatoms. The summed E-state index contributed by atoms with van der Waals surface area (Å²) in [5, 5.41) is 4.43. The average molecular weight is 527 g/mol. The van der Waals surface area contributed by atoms with Gasteiger partial charge in [-0.3, -0.25) is 14.2 Å². The smallest absolute Gasteiger partial charge is 0.293 e. The highest BCUT2D eigenvalue weighted by atomic mass is 35.5. The molecule has 2 aliphatic rings. The summed E-state index contributed by atoms with van der Waals surface area (Å²) >= 11 is 6.47. The van der Waals surface area contributed by atoms with Gasteiger partial charge in [0.2, 0.25) is 5.95 Å². The summed E-state index contributed by atoms with van der Waals surface area (Å²) < 4.78 is 13.1. The predicted molar refractivity (Wildman–Crippen MR) is 143 cm³/mol. The van der Waals surface area contributed by atoms with Crippen LogP contribution in [0.25, 0.3) is 10.9 Å². The highest BCUT2D eigenvalue weighted by molar-refractivity contribution is 6.32. The SMILES string of the molecule is C[C@@H]1C[C@H](C)CN(c2ncc(Cl)c(Nc3cc4c5c(c3)cc(OCC(=O)N(C)C)c(=O)n5CCO4)n2)C1. The number of nitrogens with zero attached hydrogens (tertiary/aromatic N) is 5. The van der Waals surface area contributed by atoms with Gasteiger partial charge in [0.1, 0.15) is 17.4 Å². The number of anilines is 3. The number of carbonyl (C=O) groups is 1. The molecule has 5 rings (SSSR count). The number of carbonyl (C=O) groups excluding carboxylic acids is 1. The molecule has 2 aliphatic heterocycles. The maximum absolute atomic E-state index is 13.0. The van der Waals surface area contributed by atoms with Crippen molar-refractivity contribution in [3.63, 3.8) is 0 Å². The van der Waals surface area contributed by atoms with Gasteiger partial charge in [-0.25, -0.2) is 4.98 Å². The van der Waals surface area contributed by atoms with Gasteiger partial charge in [0.05, 0.1) is 18.3 Å². The number of hydrogen-bond donors (Lipinski definition) is 1. The van der Waals surface area contributed by atoms with Gasteiger partial charge in [0.15, 0.2) is 18.2 Å². The molecule has 1 amide bonds. The number of amides is 1. The molecule has 1 N–H and O–H groups in total. The molecule has 1 aromatic carbocycles. The van der Waals surface area contributed by atoms with E-state index in [0.717, 1.165) is 18.5 Å². The van der Waals surface area contributed by atoms with Gasteiger partial charge < -0.3 is 24.6 Å². The Bertz CT molecular complexity index is 1400. The van der Waals surface area contributed by atoms with Crippen molar-refractivity contribution in [2.24, 2.45) is 11.8 Å². The summed E-state index contributed by atoms with van der Waals surface area (Å²) in [7, 11) is 3.28. The Morgan fingerprint density at radius 2 is 2.00 bits per heavy atom. The van der Waals surface area contributed by atoms with E-state index < -0.39 is 0 Å². The molecule has 3 aromatic rings. The van der Waals surface area contributed by atoms with Crippen LogP contribution in [0.4, 0.5) is 17.5 Å². The monoisotopic (exact) mass is 526 g/mol. The van der Waals surface area contributed by atoms with Crippen LogP contribution >= 0.6 is 11.6 Å². The molecule has 0 spiro atoms. The lowest BCUT2D eigenvalue weighted by atomic mass is 9.92. The third kappa shape index (κ3) is 5.16. The highest BCUT2D eigenvalue weighted by Gasteiger charge is 2.25. The molecule has 37 heavy (non-hydrogen) atoms. The van der Waals surface area contributed by atoms with Crippen molar-refractivity contribution in [2.45, 2.75) is 26.8 Å². The lowest BCUT2D eigenvalue weighted by Crippen LogP contribution is -2.39. The van der Waals surface area contributed by atoms with E-state index in [1.807, 2.05) is 12.1 Å². The summed E-state index contributed by atoms with van der Waals surface area (Å²) in [6.07, 6.45) is 2.80. The minimum absolute atomic E-state index is 0.114. The van der Waals surface area contributed by atoms with Crippen LogP contribution in [-0.4, -0.2) is 65.7 Å². The topological polar surface area (TPSA) is 102 Å². The van der Waals surface area contributed by atoms with Crippen molar-refractivity contribution in [3.05, 3.63) is 39.8 Å². The fourth-order valence-electron chi connectivity index (χ4n) is 5.04. The van der Waals surface area contributed by atoms with Crippen LogP contribution in [0.5, 0.6) is 11.5 Å². The number of halogens is 1. The highest BCUT2D eigenvalue weighted by Crippen LogP contribution is 2.35. The third-order valence-electron chi connectivity index (χ3n) is 6.69. The normalized spacial score (nSPS) is 18.9. The van der Waals surface area contributed by atoms with Crippen molar-refractivity contribution in [2.75, 3.05) is 50.6 Å².